The summed E-state index contributed by atoms with van der Waals surface area (Å²) in [5.74, 6) is -2.31. The van der Waals surface area contributed by atoms with Gasteiger partial charge in [-0.3, -0.25) is 4.79 Å². The van der Waals surface area contributed by atoms with E-state index in [-0.39, 0.29) is 6.04 Å². The number of hydrogen-bond acceptors (Lipinski definition) is 3. The van der Waals surface area contributed by atoms with E-state index in [4.69, 9.17) is 0 Å². The minimum atomic E-state index is -0.839. The number of carbonyl (C=O) groups excluding carboxylic acids is 1. The number of hydrogen-bond donors (Lipinski definition) is 0. The standard InChI is InChI=1S/C12H10F2N4O/c13-9-2-1-3-10(14)11(9)12(19)17-6-8(7-17)18-5-4-15-16-18/h1-5,8H,6-7H2. The van der Waals surface area contributed by atoms with Crippen molar-refractivity contribution in [1.29, 1.82) is 0 Å². The Morgan fingerprint density at radius 2 is 1.95 bits per heavy atom. The molecule has 1 aromatic heterocycles. The first-order chi connectivity index (χ1) is 9.16. The van der Waals surface area contributed by atoms with Crippen LogP contribution in [0.2, 0.25) is 0 Å². The Kier molecular flexibility index (Phi) is 2.73. The highest BCUT2D eigenvalue weighted by atomic mass is 19.1. The number of likely N-dealkylation sites (tertiary alicyclic amines) is 1. The molecular formula is C12H10F2N4O. The number of halogens is 2. The highest BCUT2D eigenvalue weighted by Crippen LogP contribution is 2.24. The average molecular weight is 264 g/mol. The van der Waals surface area contributed by atoms with Gasteiger partial charge in [0.2, 0.25) is 0 Å². The lowest BCUT2D eigenvalue weighted by molar-refractivity contribution is 0.0488. The van der Waals surface area contributed by atoms with Crippen molar-refractivity contribution in [2.75, 3.05) is 13.1 Å². The lowest BCUT2D eigenvalue weighted by atomic mass is 10.1. The lowest BCUT2D eigenvalue weighted by Gasteiger charge is -2.38. The van der Waals surface area contributed by atoms with Crippen molar-refractivity contribution in [3.8, 4) is 0 Å². The van der Waals surface area contributed by atoms with E-state index in [9.17, 15) is 13.6 Å². The molecular weight excluding hydrogens is 254 g/mol. The Morgan fingerprint density at radius 3 is 2.53 bits per heavy atom. The lowest BCUT2D eigenvalue weighted by Crippen LogP contribution is -2.51. The fourth-order valence-electron chi connectivity index (χ4n) is 2.06. The second-order valence-electron chi connectivity index (χ2n) is 4.34. The molecule has 1 fully saturated rings. The van der Waals surface area contributed by atoms with E-state index >= 15 is 0 Å². The van der Waals surface area contributed by atoms with E-state index in [1.165, 1.54) is 11.0 Å². The van der Waals surface area contributed by atoms with E-state index in [0.29, 0.717) is 13.1 Å². The molecule has 1 aliphatic heterocycles. The molecule has 98 valence electrons. The fourth-order valence-corrected chi connectivity index (χ4v) is 2.06. The summed E-state index contributed by atoms with van der Waals surface area (Å²) in [7, 11) is 0. The molecule has 2 aromatic rings. The van der Waals surface area contributed by atoms with Crippen LogP contribution in [0.25, 0.3) is 0 Å². The van der Waals surface area contributed by atoms with Crippen molar-refractivity contribution >= 4 is 5.91 Å². The van der Waals surface area contributed by atoms with Gasteiger partial charge in [0, 0.05) is 19.3 Å². The molecule has 0 aliphatic carbocycles. The minimum absolute atomic E-state index is 0.0151. The van der Waals surface area contributed by atoms with Crippen LogP contribution in [0.1, 0.15) is 16.4 Å². The Labute approximate surface area is 107 Å². The molecule has 0 saturated carbocycles. The molecule has 1 aliphatic rings. The predicted octanol–water partition coefficient (Wildman–Crippen LogP) is 1.25. The molecule has 5 nitrogen and oxygen atoms in total. The first-order valence-corrected chi connectivity index (χ1v) is 5.76. The highest BCUT2D eigenvalue weighted by Gasteiger charge is 2.35. The Bertz CT molecular complexity index is 588. The van der Waals surface area contributed by atoms with Crippen LogP contribution in [-0.4, -0.2) is 38.9 Å². The summed E-state index contributed by atoms with van der Waals surface area (Å²) in [5, 5.41) is 7.49. The van der Waals surface area contributed by atoms with Crippen molar-refractivity contribution < 1.29 is 13.6 Å². The maximum Gasteiger partial charge on any atom is 0.259 e. The molecule has 0 atom stereocenters. The summed E-state index contributed by atoms with van der Waals surface area (Å²) in [6.07, 6.45) is 3.23. The number of nitrogens with zero attached hydrogens (tertiary/aromatic N) is 4. The molecule has 2 heterocycles. The molecule has 1 saturated heterocycles. The monoisotopic (exact) mass is 264 g/mol. The first kappa shape index (κ1) is 11.8. The Balaban J connectivity index is 1.74. The maximum absolute atomic E-state index is 13.5. The molecule has 0 radical (unpaired) electrons. The summed E-state index contributed by atoms with van der Waals surface area (Å²) in [4.78, 5) is 13.4. The molecule has 0 spiro atoms. The second-order valence-corrected chi connectivity index (χ2v) is 4.34. The van der Waals surface area contributed by atoms with Gasteiger partial charge in [0.05, 0.1) is 12.2 Å². The number of rotatable bonds is 2. The van der Waals surface area contributed by atoms with Crippen molar-refractivity contribution in [3.63, 3.8) is 0 Å². The largest absolute Gasteiger partial charge is 0.334 e. The molecule has 0 N–H and O–H groups in total. The van der Waals surface area contributed by atoms with E-state index in [1.807, 2.05) is 0 Å². The van der Waals surface area contributed by atoms with E-state index in [0.717, 1.165) is 12.1 Å². The molecule has 3 rings (SSSR count). The van der Waals surface area contributed by atoms with Crippen LogP contribution in [0.15, 0.2) is 30.6 Å². The van der Waals surface area contributed by atoms with Crippen LogP contribution < -0.4 is 0 Å². The molecule has 1 amide bonds. The molecule has 7 heteroatoms. The van der Waals surface area contributed by atoms with Crippen molar-refractivity contribution in [1.82, 2.24) is 19.9 Å². The van der Waals surface area contributed by atoms with Crippen molar-refractivity contribution in [2.24, 2.45) is 0 Å². The van der Waals surface area contributed by atoms with Crippen LogP contribution in [0.4, 0.5) is 8.78 Å². The van der Waals surface area contributed by atoms with Crippen LogP contribution in [0, 0.1) is 11.6 Å². The molecule has 0 bridgehead atoms. The number of carbonyl (C=O) groups is 1. The highest BCUT2D eigenvalue weighted by molar-refractivity contribution is 5.95. The van der Waals surface area contributed by atoms with Crippen LogP contribution in [-0.2, 0) is 0 Å². The third kappa shape index (κ3) is 1.96. The van der Waals surface area contributed by atoms with Gasteiger partial charge in [-0.1, -0.05) is 11.3 Å². The van der Waals surface area contributed by atoms with Gasteiger partial charge in [0.1, 0.15) is 17.2 Å². The van der Waals surface area contributed by atoms with E-state index < -0.39 is 23.1 Å². The van der Waals surface area contributed by atoms with Gasteiger partial charge >= 0.3 is 0 Å². The molecule has 0 unspecified atom stereocenters. The zero-order chi connectivity index (χ0) is 13.4. The van der Waals surface area contributed by atoms with Gasteiger partial charge in [-0.25, -0.2) is 13.5 Å². The van der Waals surface area contributed by atoms with Crippen LogP contribution in [0.3, 0.4) is 0 Å². The second kappa shape index (κ2) is 4.42. The SMILES string of the molecule is O=C(c1c(F)cccc1F)N1CC(n2ccnn2)C1. The van der Waals surface area contributed by atoms with Gasteiger partial charge in [-0.2, -0.15) is 0 Å². The third-order valence-electron chi connectivity index (χ3n) is 3.14. The maximum atomic E-state index is 13.5. The Morgan fingerprint density at radius 1 is 1.26 bits per heavy atom. The summed E-state index contributed by atoms with van der Waals surface area (Å²) in [6.45, 7) is 0.742. The topological polar surface area (TPSA) is 51.0 Å². The van der Waals surface area contributed by atoms with E-state index in [1.54, 1.807) is 17.1 Å². The average Bonchev–Trinajstić information content (AvgIpc) is 2.80. The summed E-state index contributed by atoms with van der Waals surface area (Å²) in [5.41, 5.74) is -0.500. The summed E-state index contributed by atoms with van der Waals surface area (Å²) >= 11 is 0. The van der Waals surface area contributed by atoms with Gasteiger partial charge in [0.15, 0.2) is 0 Å². The van der Waals surface area contributed by atoms with Crippen molar-refractivity contribution in [3.05, 3.63) is 47.8 Å². The molecule has 1 aromatic carbocycles. The third-order valence-corrected chi connectivity index (χ3v) is 3.14. The van der Waals surface area contributed by atoms with Gasteiger partial charge in [-0.05, 0) is 12.1 Å². The normalized spacial score (nSPS) is 15.4. The number of amides is 1. The minimum Gasteiger partial charge on any atom is -0.334 e. The smallest absolute Gasteiger partial charge is 0.259 e. The summed E-state index contributed by atoms with van der Waals surface area (Å²) in [6, 6.07) is 3.40. The fraction of sp³-hybridized carbons (Fsp3) is 0.250. The van der Waals surface area contributed by atoms with E-state index in [2.05, 4.69) is 10.3 Å². The zero-order valence-corrected chi connectivity index (χ0v) is 9.83. The first-order valence-electron chi connectivity index (χ1n) is 5.76. The van der Waals surface area contributed by atoms with Crippen LogP contribution >= 0.6 is 0 Å². The summed E-state index contributed by atoms with van der Waals surface area (Å²) < 4.78 is 28.6. The zero-order valence-electron chi connectivity index (χ0n) is 9.83. The molecule has 19 heavy (non-hydrogen) atoms. The number of benzene rings is 1. The van der Waals surface area contributed by atoms with Gasteiger partial charge < -0.3 is 4.90 Å². The Hall–Kier alpha value is -2.31. The van der Waals surface area contributed by atoms with Crippen molar-refractivity contribution in [2.45, 2.75) is 6.04 Å². The van der Waals surface area contributed by atoms with Gasteiger partial charge in [0.25, 0.3) is 5.91 Å². The number of aromatic nitrogens is 3. The predicted molar refractivity (Wildman–Crippen MR) is 61.3 cm³/mol. The van der Waals surface area contributed by atoms with Gasteiger partial charge in [-0.15, -0.1) is 5.10 Å². The van der Waals surface area contributed by atoms with Crippen LogP contribution in [0.5, 0.6) is 0 Å². The quantitative estimate of drug-likeness (QED) is 0.820.